The van der Waals surface area contributed by atoms with E-state index in [0.29, 0.717) is 5.56 Å². The van der Waals surface area contributed by atoms with Crippen LogP contribution in [-0.4, -0.2) is 10.8 Å². The average Bonchev–Trinajstić information content (AvgIpc) is 1.88. The highest BCUT2D eigenvalue weighted by Crippen LogP contribution is 2.00. The van der Waals surface area contributed by atoms with E-state index in [1.165, 1.54) is 0 Å². The molecule has 2 nitrogen and oxygen atoms in total. The van der Waals surface area contributed by atoms with Crippen molar-refractivity contribution in [2.24, 2.45) is 0 Å². The number of rotatable bonds is 1. The van der Waals surface area contributed by atoms with Crippen molar-refractivity contribution in [3.8, 4) is 0 Å². The SMILES string of the molecule is [CH]C(=O)c1ccnc(C)c1. The molecule has 2 heteroatoms. The second kappa shape index (κ2) is 2.60. The number of aromatic nitrogens is 1. The summed E-state index contributed by atoms with van der Waals surface area (Å²) in [5, 5.41) is 0. The highest BCUT2D eigenvalue weighted by Gasteiger charge is 1.97. The van der Waals surface area contributed by atoms with Crippen molar-refractivity contribution in [1.82, 2.24) is 4.98 Å². The minimum Gasteiger partial charge on any atom is -0.294 e. The number of hydrogen-bond donors (Lipinski definition) is 0. The van der Waals surface area contributed by atoms with E-state index in [4.69, 9.17) is 6.92 Å². The van der Waals surface area contributed by atoms with Crippen molar-refractivity contribution in [3.05, 3.63) is 36.5 Å². The van der Waals surface area contributed by atoms with Gasteiger partial charge in [0.25, 0.3) is 0 Å². The summed E-state index contributed by atoms with van der Waals surface area (Å²) in [5.74, 6) is -0.412. The maximum atomic E-state index is 10.5. The average molecular weight is 133 g/mol. The minimum absolute atomic E-state index is 0.412. The van der Waals surface area contributed by atoms with Crippen LogP contribution < -0.4 is 0 Å². The fraction of sp³-hybridized carbons (Fsp3) is 0.125. The zero-order valence-electron chi connectivity index (χ0n) is 5.66. The molecule has 0 spiro atoms. The molecular formula is C8H7NO. The molecule has 0 aliphatic carbocycles. The first-order valence-electron chi connectivity index (χ1n) is 2.92. The molecule has 0 saturated heterocycles. The molecule has 0 N–H and O–H groups in total. The molecule has 0 aliphatic heterocycles. The lowest BCUT2D eigenvalue weighted by Crippen LogP contribution is -1.93. The van der Waals surface area contributed by atoms with E-state index in [2.05, 4.69) is 4.98 Å². The maximum absolute atomic E-state index is 10.5. The van der Waals surface area contributed by atoms with Gasteiger partial charge in [-0.05, 0) is 19.1 Å². The molecule has 1 rings (SSSR count). The third kappa shape index (κ3) is 1.41. The van der Waals surface area contributed by atoms with Crippen LogP contribution in [0.1, 0.15) is 16.1 Å². The summed E-state index contributed by atoms with van der Waals surface area (Å²) in [4.78, 5) is 14.5. The van der Waals surface area contributed by atoms with E-state index >= 15 is 0 Å². The van der Waals surface area contributed by atoms with Crippen LogP contribution in [0.15, 0.2) is 18.3 Å². The Morgan fingerprint density at radius 1 is 1.70 bits per heavy atom. The molecule has 0 aromatic carbocycles. The third-order valence-corrected chi connectivity index (χ3v) is 1.18. The van der Waals surface area contributed by atoms with Crippen molar-refractivity contribution >= 4 is 5.78 Å². The molecule has 1 heterocycles. The normalized spacial score (nSPS) is 9.40. The fourth-order valence-electron chi connectivity index (χ4n) is 0.699. The highest BCUT2D eigenvalue weighted by atomic mass is 16.1. The molecule has 0 fully saturated rings. The van der Waals surface area contributed by atoms with Gasteiger partial charge in [0.2, 0.25) is 0 Å². The summed E-state index contributed by atoms with van der Waals surface area (Å²) in [6, 6.07) is 3.25. The number of hydrogen-bond acceptors (Lipinski definition) is 2. The monoisotopic (exact) mass is 133 g/mol. The number of ketones is 1. The van der Waals surface area contributed by atoms with Crippen LogP contribution in [0.25, 0.3) is 0 Å². The van der Waals surface area contributed by atoms with Crippen LogP contribution >= 0.6 is 0 Å². The first kappa shape index (κ1) is 6.93. The molecule has 0 aliphatic rings. The Balaban J connectivity index is 3.07. The minimum atomic E-state index is -0.412. The Hall–Kier alpha value is -1.18. The summed E-state index contributed by atoms with van der Waals surface area (Å²) in [7, 11) is 0. The number of carbonyl (C=O) groups is 1. The first-order chi connectivity index (χ1) is 4.70. The van der Waals surface area contributed by atoms with Crippen molar-refractivity contribution in [1.29, 1.82) is 0 Å². The standard InChI is InChI=1S/C8H7NO/c1-6-5-8(7(2)10)3-4-9-6/h2-5H,1H3. The summed E-state index contributed by atoms with van der Waals surface area (Å²) >= 11 is 0. The van der Waals surface area contributed by atoms with Gasteiger partial charge in [0.05, 0.1) is 0 Å². The molecule has 0 amide bonds. The highest BCUT2D eigenvalue weighted by molar-refractivity contribution is 5.99. The molecule has 0 bridgehead atoms. The molecule has 0 saturated carbocycles. The van der Waals surface area contributed by atoms with Crippen molar-refractivity contribution in [3.63, 3.8) is 0 Å². The number of pyridine rings is 1. The van der Waals surface area contributed by atoms with Crippen LogP contribution in [0.3, 0.4) is 0 Å². The summed E-state index contributed by atoms with van der Waals surface area (Å²) in [5.41, 5.74) is 1.31. The number of Topliss-reactive ketones (excluding diaryl/α,β-unsaturated/α-hetero) is 1. The van der Waals surface area contributed by atoms with E-state index in [-0.39, 0.29) is 0 Å². The van der Waals surface area contributed by atoms with Crippen LogP contribution in [-0.2, 0) is 0 Å². The van der Waals surface area contributed by atoms with E-state index < -0.39 is 5.78 Å². The van der Waals surface area contributed by atoms with Gasteiger partial charge in [0, 0.05) is 24.4 Å². The molecule has 10 heavy (non-hydrogen) atoms. The van der Waals surface area contributed by atoms with Gasteiger partial charge in [0.15, 0.2) is 5.78 Å². The van der Waals surface area contributed by atoms with E-state index in [1.807, 2.05) is 6.92 Å². The van der Waals surface area contributed by atoms with Gasteiger partial charge in [-0.3, -0.25) is 9.78 Å². The van der Waals surface area contributed by atoms with Gasteiger partial charge in [-0.25, -0.2) is 0 Å². The predicted molar refractivity (Wildman–Crippen MR) is 37.6 cm³/mol. The Morgan fingerprint density at radius 3 is 2.80 bits per heavy atom. The number of nitrogens with zero attached hydrogens (tertiary/aromatic N) is 1. The van der Waals surface area contributed by atoms with Crippen molar-refractivity contribution < 1.29 is 4.79 Å². The quantitative estimate of drug-likeness (QED) is 0.540. The van der Waals surface area contributed by atoms with Crippen LogP contribution in [0.5, 0.6) is 0 Å². The molecule has 1 aromatic rings. The molecular weight excluding hydrogens is 126 g/mol. The van der Waals surface area contributed by atoms with Gasteiger partial charge in [-0.1, -0.05) is 0 Å². The lowest BCUT2D eigenvalue weighted by Gasteiger charge is -1.93. The summed E-state index contributed by atoms with van der Waals surface area (Å²) < 4.78 is 0. The molecule has 0 atom stereocenters. The van der Waals surface area contributed by atoms with E-state index in [9.17, 15) is 4.79 Å². The molecule has 2 radical (unpaired) electrons. The van der Waals surface area contributed by atoms with Gasteiger partial charge in [0.1, 0.15) is 0 Å². The first-order valence-corrected chi connectivity index (χ1v) is 2.92. The van der Waals surface area contributed by atoms with Crippen LogP contribution in [0.2, 0.25) is 0 Å². The number of carbonyl (C=O) groups excluding carboxylic acids is 1. The van der Waals surface area contributed by atoms with Crippen LogP contribution in [0, 0.1) is 13.8 Å². The summed E-state index contributed by atoms with van der Waals surface area (Å²) in [6.45, 7) is 6.83. The largest absolute Gasteiger partial charge is 0.294 e. The zero-order valence-corrected chi connectivity index (χ0v) is 5.66. The van der Waals surface area contributed by atoms with Gasteiger partial charge in [-0.2, -0.15) is 0 Å². The maximum Gasteiger partial charge on any atom is 0.167 e. The lowest BCUT2D eigenvalue weighted by molar-refractivity contribution is 0.104. The Bertz CT molecular complexity index is 255. The fourth-order valence-corrected chi connectivity index (χ4v) is 0.699. The Labute approximate surface area is 59.9 Å². The smallest absolute Gasteiger partial charge is 0.167 e. The lowest BCUT2D eigenvalue weighted by atomic mass is 10.2. The van der Waals surface area contributed by atoms with E-state index in [1.54, 1.807) is 18.3 Å². The predicted octanol–water partition coefficient (Wildman–Crippen LogP) is 1.28. The number of aryl methyl sites for hydroxylation is 1. The second-order valence-electron chi connectivity index (χ2n) is 2.05. The Kier molecular flexibility index (Phi) is 1.81. The van der Waals surface area contributed by atoms with E-state index in [0.717, 1.165) is 5.69 Å². The van der Waals surface area contributed by atoms with Gasteiger partial charge >= 0.3 is 0 Å². The summed E-state index contributed by atoms with van der Waals surface area (Å²) in [6.07, 6.45) is 1.56. The van der Waals surface area contributed by atoms with Gasteiger partial charge < -0.3 is 0 Å². The van der Waals surface area contributed by atoms with Gasteiger partial charge in [-0.15, -0.1) is 0 Å². The molecule has 0 unspecified atom stereocenters. The molecule has 50 valence electrons. The molecule has 1 aromatic heterocycles. The van der Waals surface area contributed by atoms with Crippen molar-refractivity contribution in [2.45, 2.75) is 6.92 Å². The third-order valence-electron chi connectivity index (χ3n) is 1.18. The zero-order chi connectivity index (χ0) is 7.56. The van der Waals surface area contributed by atoms with Crippen molar-refractivity contribution in [2.75, 3.05) is 0 Å². The topological polar surface area (TPSA) is 30.0 Å². The Morgan fingerprint density at radius 2 is 2.40 bits per heavy atom. The second-order valence-corrected chi connectivity index (χ2v) is 2.05. The van der Waals surface area contributed by atoms with Crippen LogP contribution in [0.4, 0.5) is 0 Å².